The average molecular weight is 636 g/mol. The molecule has 0 atom stereocenters. The summed E-state index contributed by atoms with van der Waals surface area (Å²) in [5, 5.41) is 17.9. The first-order chi connectivity index (χ1) is 20.5. The molecule has 46 heavy (non-hydrogen) atoms. The fourth-order valence-electron chi connectivity index (χ4n) is 3.76. The van der Waals surface area contributed by atoms with Gasteiger partial charge in [0.25, 0.3) is 0 Å². The first kappa shape index (κ1) is 42.6. The van der Waals surface area contributed by atoms with E-state index in [2.05, 4.69) is 174 Å². The molecular weight excluding hydrogens is 570 g/mol. The number of aromatic amines is 1. The van der Waals surface area contributed by atoms with Crippen molar-refractivity contribution in [3.63, 3.8) is 0 Å². The largest absolute Gasteiger partial charge is 0.289 e. The minimum atomic E-state index is 0. The van der Waals surface area contributed by atoms with Crippen LogP contribution >= 0.6 is 0 Å². The highest BCUT2D eigenvalue weighted by Crippen LogP contribution is 2.28. The molecule has 5 heterocycles. The van der Waals surface area contributed by atoms with Gasteiger partial charge < -0.3 is 0 Å². The van der Waals surface area contributed by atoms with Crippen molar-refractivity contribution in [3.8, 4) is 0 Å². The molecule has 4 aliphatic heterocycles. The molecule has 0 spiro atoms. The van der Waals surface area contributed by atoms with Crippen molar-refractivity contribution in [3.05, 3.63) is 47.5 Å². The number of allylic oxidation sites excluding steroid dienone is 4. The highest BCUT2D eigenvalue weighted by molar-refractivity contribution is 6.00. The first-order valence-electron chi connectivity index (χ1n) is 16.0. The van der Waals surface area contributed by atoms with Crippen LogP contribution in [-0.2, 0) is 5.41 Å². The average Bonchev–Trinajstić information content (AvgIpc) is 3.75. The number of nitrogens with one attached hydrogen (secondary N) is 1. The highest BCUT2D eigenvalue weighted by Gasteiger charge is 2.21. The smallest absolute Gasteiger partial charge is 0.153 e. The monoisotopic (exact) mass is 636 g/mol. The number of azo groups is 1. The molecule has 1 aromatic rings. The number of aliphatic imine (C=N–C) groups is 4. The van der Waals surface area contributed by atoms with Gasteiger partial charge in [-0.05, 0) is 17.1 Å². The van der Waals surface area contributed by atoms with Crippen LogP contribution in [0.5, 0.6) is 0 Å². The van der Waals surface area contributed by atoms with Crippen molar-refractivity contribution in [2.45, 2.75) is 123 Å². The fourth-order valence-corrected chi connectivity index (χ4v) is 3.76. The van der Waals surface area contributed by atoms with Gasteiger partial charge in [0.05, 0.1) is 25.0 Å². The molecule has 9 nitrogen and oxygen atoms in total. The Morgan fingerprint density at radius 2 is 1.35 bits per heavy atom. The number of H-pyrrole nitrogens is 1. The van der Waals surface area contributed by atoms with E-state index in [1.54, 1.807) is 6.20 Å². The predicted molar refractivity (Wildman–Crippen MR) is 201 cm³/mol. The lowest BCUT2D eigenvalue weighted by Crippen LogP contribution is -2.16. The number of hydrogen-bond donors (Lipinski definition) is 1. The van der Waals surface area contributed by atoms with Crippen LogP contribution in [0.15, 0.2) is 72.0 Å². The Morgan fingerprint density at radius 1 is 0.696 bits per heavy atom. The van der Waals surface area contributed by atoms with E-state index in [0.29, 0.717) is 12.1 Å². The molecule has 0 saturated carbocycles. The zero-order valence-corrected chi connectivity index (χ0v) is 30.9. The van der Waals surface area contributed by atoms with Crippen LogP contribution in [0.4, 0.5) is 0 Å². The molecule has 1 aromatic heterocycles. The maximum Gasteiger partial charge on any atom is 0.153 e. The molecule has 4 aliphatic rings. The second-order valence-electron chi connectivity index (χ2n) is 16.4. The quantitative estimate of drug-likeness (QED) is 0.305. The summed E-state index contributed by atoms with van der Waals surface area (Å²) < 4.78 is 0. The topological polar surface area (TPSA) is 116 Å². The summed E-state index contributed by atoms with van der Waals surface area (Å²) in [4.78, 5) is 16.8. The summed E-state index contributed by atoms with van der Waals surface area (Å²) in [7, 11) is 0. The van der Waals surface area contributed by atoms with Crippen molar-refractivity contribution >= 4 is 24.0 Å². The molecule has 1 N–H and O–H groups in total. The third kappa shape index (κ3) is 16.8. The lowest BCUT2D eigenvalue weighted by Gasteiger charge is -2.16. The van der Waals surface area contributed by atoms with Crippen LogP contribution in [0, 0.1) is 21.7 Å². The summed E-state index contributed by atoms with van der Waals surface area (Å²) in [5.41, 5.74) is 5.78. The highest BCUT2D eigenvalue weighted by atomic mass is 15.3. The Hall–Kier alpha value is -3.36. The minimum Gasteiger partial charge on any atom is -0.289 e. The van der Waals surface area contributed by atoms with Gasteiger partial charge >= 0.3 is 0 Å². The van der Waals surface area contributed by atoms with Crippen LogP contribution in [0.3, 0.4) is 0 Å². The van der Waals surface area contributed by atoms with Gasteiger partial charge in [-0.15, -0.1) is 5.11 Å². The van der Waals surface area contributed by atoms with Gasteiger partial charge in [-0.3, -0.25) is 15.0 Å². The molecule has 5 rings (SSSR count). The zero-order chi connectivity index (χ0) is 34.5. The molecule has 258 valence electrons. The van der Waals surface area contributed by atoms with Gasteiger partial charge in [0.15, 0.2) is 12.5 Å². The van der Waals surface area contributed by atoms with Crippen molar-refractivity contribution in [1.82, 2.24) is 15.4 Å². The number of aromatic nitrogens is 3. The van der Waals surface area contributed by atoms with E-state index in [0.717, 1.165) is 31.0 Å². The van der Waals surface area contributed by atoms with Gasteiger partial charge in [-0.1, -0.05) is 130 Å². The number of nitrogens with zero attached hydrogens (tertiary/aromatic N) is 8. The summed E-state index contributed by atoms with van der Waals surface area (Å²) in [6, 6.07) is 0. The zero-order valence-electron chi connectivity index (χ0n) is 30.9. The molecule has 9 heteroatoms. The number of amidine groups is 1. The van der Waals surface area contributed by atoms with Crippen LogP contribution in [0.25, 0.3) is 0 Å². The number of hydrogen-bond acceptors (Lipinski definition) is 8. The lowest BCUT2D eigenvalue weighted by atomic mass is 9.88. The Balaban J connectivity index is 0.000000547. The standard InChI is InChI=1S/3C8H13N.2C6H11N3.CH4/c1-8(2,3)7-4-5-9-6-7;2*1-8(2,3)7-5-4-6-9-7;1-6(2,3)5-7-4-8-9-5;1-6(2,3)5-4-7-9-8-5;/h4,6H,5H2,1-3H3;5-6H,4H2,1-3H3;4-5H,6H2,1-3H3;4H2,1-3H3;4H,1-3H3,(H,7,8,9);1H4. The van der Waals surface area contributed by atoms with Crippen LogP contribution in [-0.4, -0.2) is 59.1 Å². The van der Waals surface area contributed by atoms with Crippen LogP contribution in [0.2, 0.25) is 0 Å². The lowest BCUT2D eigenvalue weighted by molar-refractivity contribution is 0.500. The summed E-state index contributed by atoms with van der Waals surface area (Å²) in [6.45, 7) is 34.5. The Morgan fingerprint density at radius 3 is 1.57 bits per heavy atom. The SMILES string of the molecule is C.CC(C)(C)C1=CCC=N1.CC(C)(C)C1=CCN=C1.CC(C)(C)C1=NCC=C1.CC(C)(C)C1=NCN=N1.CC(C)(C)c1cn[nH]n1. The van der Waals surface area contributed by atoms with Crippen molar-refractivity contribution in [2.24, 2.45) is 51.9 Å². The van der Waals surface area contributed by atoms with Crippen LogP contribution < -0.4 is 0 Å². The normalized spacial score (nSPS) is 16.7. The molecule has 0 fully saturated rings. The molecule has 0 amide bonds. The van der Waals surface area contributed by atoms with E-state index in [9.17, 15) is 0 Å². The second kappa shape index (κ2) is 18.1. The van der Waals surface area contributed by atoms with E-state index in [-0.39, 0.29) is 29.1 Å². The fraction of sp³-hybridized carbons (Fsp3) is 0.676. The Kier molecular flexibility index (Phi) is 16.8. The molecule has 0 unspecified atom stereocenters. The van der Waals surface area contributed by atoms with Crippen molar-refractivity contribution in [1.29, 1.82) is 0 Å². The molecule has 0 radical (unpaired) electrons. The van der Waals surface area contributed by atoms with E-state index >= 15 is 0 Å². The van der Waals surface area contributed by atoms with Gasteiger partial charge in [0.1, 0.15) is 0 Å². The first-order valence-corrected chi connectivity index (χ1v) is 16.0. The van der Waals surface area contributed by atoms with Crippen molar-refractivity contribution < 1.29 is 0 Å². The van der Waals surface area contributed by atoms with Gasteiger partial charge in [0.2, 0.25) is 0 Å². The van der Waals surface area contributed by atoms with E-state index in [4.69, 9.17) is 0 Å². The van der Waals surface area contributed by atoms with Gasteiger partial charge in [0, 0.05) is 51.9 Å². The molecule has 0 aliphatic carbocycles. The molecular formula is C37H65N9. The van der Waals surface area contributed by atoms with Gasteiger partial charge in [-0.2, -0.15) is 20.5 Å². The number of rotatable bonds is 0. The molecule has 0 bridgehead atoms. The third-order valence-electron chi connectivity index (χ3n) is 6.64. The maximum atomic E-state index is 4.31. The summed E-state index contributed by atoms with van der Waals surface area (Å²) in [6.07, 6.45) is 15.3. The second-order valence-corrected chi connectivity index (χ2v) is 16.4. The van der Waals surface area contributed by atoms with E-state index < -0.39 is 0 Å². The summed E-state index contributed by atoms with van der Waals surface area (Å²) in [5.74, 6) is 0.863. The van der Waals surface area contributed by atoms with Crippen molar-refractivity contribution in [2.75, 3.05) is 19.8 Å². The predicted octanol–water partition coefficient (Wildman–Crippen LogP) is 10.1. The van der Waals surface area contributed by atoms with E-state index in [1.165, 1.54) is 17.0 Å². The van der Waals surface area contributed by atoms with Crippen LogP contribution in [0.1, 0.15) is 123 Å². The molecule has 0 aromatic carbocycles. The Labute approximate surface area is 281 Å². The van der Waals surface area contributed by atoms with E-state index in [1.807, 2.05) is 12.4 Å². The minimum absolute atomic E-state index is 0. The summed E-state index contributed by atoms with van der Waals surface area (Å²) >= 11 is 0. The maximum absolute atomic E-state index is 4.31. The third-order valence-corrected chi connectivity index (χ3v) is 6.64. The van der Waals surface area contributed by atoms with Gasteiger partial charge in [-0.25, -0.2) is 4.99 Å². The molecule has 0 saturated heterocycles. The Bertz CT molecular complexity index is 1120.